The summed E-state index contributed by atoms with van der Waals surface area (Å²) < 4.78 is 82.6. The number of halogens is 6. The van der Waals surface area contributed by atoms with E-state index in [4.69, 9.17) is 4.74 Å². The van der Waals surface area contributed by atoms with Gasteiger partial charge in [-0.25, -0.2) is 0 Å². The van der Waals surface area contributed by atoms with Gasteiger partial charge >= 0.3 is 12.4 Å². The summed E-state index contributed by atoms with van der Waals surface area (Å²) in [6.07, 6.45) is -0.252. The van der Waals surface area contributed by atoms with Crippen LogP contribution in [-0.4, -0.2) is 19.1 Å². The van der Waals surface area contributed by atoms with E-state index in [1.165, 1.54) is 6.08 Å². The van der Waals surface area contributed by atoms with Crippen molar-refractivity contribution in [3.8, 4) is 0 Å². The lowest BCUT2D eigenvalue weighted by molar-refractivity contribution is -0.143. The maximum Gasteiger partial charge on any atom is 0.416 e. The van der Waals surface area contributed by atoms with Gasteiger partial charge in [-0.1, -0.05) is 44.4 Å². The van der Waals surface area contributed by atoms with E-state index in [9.17, 15) is 31.1 Å². The molecule has 0 saturated carbocycles. The van der Waals surface area contributed by atoms with Crippen LogP contribution >= 0.6 is 0 Å². The minimum atomic E-state index is -4.86. The van der Waals surface area contributed by atoms with Gasteiger partial charge in [0.15, 0.2) is 0 Å². The normalized spacial score (nSPS) is 13.2. The van der Waals surface area contributed by atoms with Crippen LogP contribution in [0.4, 0.5) is 26.3 Å². The Morgan fingerprint density at radius 1 is 0.941 bits per heavy atom. The van der Waals surface area contributed by atoms with E-state index in [0.29, 0.717) is 31.0 Å². The number of alkyl halides is 6. The number of unbranched alkanes of at least 4 members (excludes halogenated alkanes) is 4. The highest BCUT2D eigenvalue weighted by Crippen LogP contribution is 2.36. The van der Waals surface area contributed by atoms with E-state index in [-0.39, 0.29) is 30.8 Å². The molecule has 192 valence electrons. The summed E-state index contributed by atoms with van der Waals surface area (Å²) in [5.41, 5.74) is -1.85. The molecule has 0 saturated heterocycles. The maximum atomic E-state index is 12.9. The van der Waals surface area contributed by atoms with E-state index in [1.807, 2.05) is 26.8 Å². The third kappa shape index (κ3) is 12.8. The van der Waals surface area contributed by atoms with Crippen LogP contribution in [0.5, 0.6) is 0 Å². The number of rotatable bonds is 13. The Hall–Kier alpha value is -2.29. The van der Waals surface area contributed by atoms with Crippen molar-refractivity contribution in [1.29, 1.82) is 0 Å². The number of allylic oxidation sites excluding steroid dienone is 3. The number of hydrogen-bond donors (Lipinski definition) is 1. The third-order valence-corrected chi connectivity index (χ3v) is 4.81. The zero-order valence-corrected chi connectivity index (χ0v) is 19.8. The lowest BCUT2D eigenvalue weighted by Crippen LogP contribution is -2.25. The van der Waals surface area contributed by atoms with Gasteiger partial charge in [0.2, 0.25) is 5.91 Å². The summed E-state index contributed by atoms with van der Waals surface area (Å²) >= 11 is 0. The molecule has 0 bridgehead atoms. The van der Waals surface area contributed by atoms with Crippen LogP contribution < -0.4 is 5.32 Å². The van der Waals surface area contributed by atoms with E-state index in [0.717, 1.165) is 31.3 Å². The van der Waals surface area contributed by atoms with Crippen LogP contribution in [0.2, 0.25) is 0 Å². The van der Waals surface area contributed by atoms with Gasteiger partial charge in [0, 0.05) is 19.2 Å². The fourth-order valence-electron chi connectivity index (χ4n) is 2.96. The fourth-order valence-corrected chi connectivity index (χ4v) is 2.96. The second-order valence-electron chi connectivity index (χ2n) is 8.59. The number of ether oxygens (including phenoxy) is 1. The lowest BCUT2D eigenvalue weighted by atomic mass is 10.1. The molecule has 0 atom stereocenters. The average Bonchev–Trinajstić information content (AvgIpc) is 2.73. The number of carbonyl (C=O) groups excluding carboxylic acids is 1. The maximum absolute atomic E-state index is 12.9. The highest BCUT2D eigenvalue weighted by Gasteiger charge is 2.36. The van der Waals surface area contributed by atoms with Crippen molar-refractivity contribution in [2.24, 2.45) is 5.92 Å². The number of benzene rings is 1. The largest absolute Gasteiger partial charge is 0.416 e. The second kappa shape index (κ2) is 14.2. The monoisotopic (exact) mass is 493 g/mol. The molecule has 0 unspecified atom stereocenters. The predicted octanol–water partition coefficient (Wildman–Crippen LogP) is 7.47. The number of amides is 1. The molecule has 34 heavy (non-hydrogen) atoms. The van der Waals surface area contributed by atoms with Gasteiger partial charge in [-0.2, -0.15) is 26.3 Å². The summed E-state index contributed by atoms with van der Waals surface area (Å²) in [5.74, 6) is 0.267. The van der Waals surface area contributed by atoms with E-state index < -0.39 is 23.5 Å². The predicted molar refractivity (Wildman–Crippen MR) is 120 cm³/mol. The molecular weight excluding hydrogens is 460 g/mol. The summed E-state index contributed by atoms with van der Waals surface area (Å²) in [6, 6.07) is 1.48. The van der Waals surface area contributed by atoms with E-state index in [1.54, 1.807) is 6.08 Å². The lowest BCUT2D eigenvalue weighted by Gasteiger charge is -2.14. The van der Waals surface area contributed by atoms with Crippen molar-refractivity contribution < 1.29 is 35.9 Å². The Morgan fingerprint density at radius 2 is 1.53 bits per heavy atom. The molecule has 1 N–H and O–H groups in total. The van der Waals surface area contributed by atoms with Gasteiger partial charge in [-0.05, 0) is 55.9 Å². The first kappa shape index (κ1) is 29.7. The van der Waals surface area contributed by atoms with Crippen LogP contribution in [0, 0.1) is 5.92 Å². The van der Waals surface area contributed by atoms with Gasteiger partial charge in [-0.3, -0.25) is 4.79 Å². The molecule has 0 heterocycles. The molecule has 0 spiro atoms. The number of nitrogens with one attached hydrogen (secondary N) is 1. The molecule has 3 nitrogen and oxygen atoms in total. The summed E-state index contributed by atoms with van der Waals surface area (Å²) in [5, 5.41) is 2.80. The SMILES string of the molecule is CC(C=CC(=O)NCC(C)C)=CCCCCCCOCc1cc(C(F)(F)F)cc(C(F)(F)F)c1. The minimum Gasteiger partial charge on any atom is -0.377 e. The Morgan fingerprint density at radius 3 is 2.09 bits per heavy atom. The van der Waals surface area contributed by atoms with Crippen LogP contribution in [0.15, 0.2) is 42.0 Å². The average molecular weight is 494 g/mol. The highest BCUT2D eigenvalue weighted by molar-refractivity contribution is 5.87. The first-order valence-electron chi connectivity index (χ1n) is 11.3. The van der Waals surface area contributed by atoms with E-state index >= 15 is 0 Å². The third-order valence-electron chi connectivity index (χ3n) is 4.81. The molecule has 0 aliphatic rings. The Kier molecular flexibility index (Phi) is 12.4. The molecule has 1 amide bonds. The zero-order chi connectivity index (χ0) is 25.8. The molecule has 0 aliphatic heterocycles. The van der Waals surface area contributed by atoms with Crippen molar-refractivity contribution in [3.05, 3.63) is 58.7 Å². The summed E-state index contributed by atoms with van der Waals surface area (Å²) in [7, 11) is 0. The number of carbonyl (C=O) groups is 1. The zero-order valence-electron chi connectivity index (χ0n) is 19.8. The molecule has 1 aromatic rings. The smallest absolute Gasteiger partial charge is 0.377 e. The minimum absolute atomic E-state index is 0.108. The van der Waals surface area contributed by atoms with E-state index in [2.05, 4.69) is 5.32 Å². The molecule has 0 fully saturated rings. The van der Waals surface area contributed by atoms with Crippen LogP contribution in [0.1, 0.15) is 69.6 Å². The van der Waals surface area contributed by atoms with Gasteiger partial charge in [-0.15, -0.1) is 0 Å². The van der Waals surface area contributed by atoms with Crippen molar-refractivity contribution in [1.82, 2.24) is 5.32 Å². The van der Waals surface area contributed by atoms with Gasteiger partial charge in [0.05, 0.1) is 17.7 Å². The Bertz CT molecular complexity index is 793. The van der Waals surface area contributed by atoms with Gasteiger partial charge in [0.1, 0.15) is 0 Å². The first-order chi connectivity index (χ1) is 15.8. The molecule has 1 aromatic carbocycles. The fraction of sp³-hybridized carbons (Fsp3) is 0.560. The van der Waals surface area contributed by atoms with Crippen molar-refractivity contribution >= 4 is 5.91 Å². The van der Waals surface area contributed by atoms with Crippen LogP contribution in [-0.2, 0) is 28.5 Å². The molecule has 0 aliphatic carbocycles. The highest BCUT2D eigenvalue weighted by atomic mass is 19.4. The van der Waals surface area contributed by atoms with Gasteiger partial charge in [0.25, 0.3) is 0 Å². The summed E-state index contributed by atoms with van der Waals surface area (Å²) in [6.45, 7) is 6.52. The van der Waals surface area contributed by atoms with Crippen molar-refractivity contribution in [3.63, 3.8) is 0 Å². The Labute approximate surface area is 197 Å². The van der Waals surface area contributed by atoms with Crippen molar-refractivity contribution in [2.75, 3.05) is 13.2 Å². The molecule has 0 radical (unpaired) electrons. The van der Waals surface area contributed by atoms with Crippen LogP contribution in [0.25, 0.3) is 0 Å². The molecule has 0 aromatic heterocycles. The first-order valence-corrected chi connectivity index (χ1v) is 11.3. The quantitative estimate of drug-likeness (QED) is 0.134. The van der Waals surface area contributed by atoms with Crippen molar-refractivity contribution in [2.45, 2.75) is 71.8 Å². The molecule has 9 heteroatoms. The van der Waals surface area contributed by atoms with Gasteiger partial charge < -0.3 is 10.1 Å². The standard InChI is InChI=1S/C25H33F6NO2/c1-18(2)16-32-23(33)11-10-19(3)9-7-5-4-6-8-12-34-17-20-13-21(24(26,27)28)15-22(14-20)25(29,30)31/h9-11,13-15,18H,4-8,12,16-17H2,1-3H3,(H,32,33). The Balaban J connectivity index is 2.31. The second-order valence-corrected chi connectivity index (χ2v) is 8.59. The number of hydrogen-bond acceptors (Lipinski definition) is 2. The molecule has 1 rings (SSSR count). The van der Waals surface area contributed by atoms with Crippen LogP contribution in [0.3, 0.4) is 0 Å². The topological polar surface area (TPSA) is 38.3 Å². The molecular formula is C25H33F6NO2. The summed E-state index contributed by atoms with van der Waals surface area (Å²) in [4.78, 5) is 11.6.